The van der Waals surface area contributed by atoms with Crippen LogP contribution in [0.5, 0.6) is 18.0 Å². The molecule has 0 spiro atoms. The fourth-order valence-electron chi connectivity index (χ4n) is 3.26. The van der Waals surface area contributed by atoms with Gasteiger partial charge >= 0.3 is 18.0 Å². The third-order valence-corrected chi connectivity index (χ3v) is 4.94. The Morgan fingerprint density at radius 2 is 1.00 bits per heavy atom. The predicted octanol–water partition coefficient (Wildman–Crippen LogP) is 2.70. The summed E-state index contributed by atoms with van der Waals surface area (Å²) in [6.07, 6.45) is 0. The van der Waals surface area contributed by atoms with E-state index in [0.29, 0.717) is 26.4 Å². The lowest BCUT2D eigenvalue weighted by Crippen LogP contribution is -2.13. The predicted molar refractivity (Wildman–Crippen MR) is 110 cm³/mol. The molecule has 9 heteroatoms. The SMILES string of the molecule is COCc1c(C)c(COC)c(C)c(COCCOc2nc(OC)nc(OC)n2)c1C. The van der Waals surface area contributed by atoms with Crippen molar-refractivity contribution in [2.45, 2.75) is 40.6 Å². The lowest BCUT2D eigenvalue weighted by molar-refractivity contribution is 0.0841. The van der Waals surface area contributed by atoms with E-state index in [0.717, 1.165) is 5.56 Å². The Hall–Kier alpha value is -2.49. The third kappa shape index (κ3) is 5.78. The van der Waals surface area contributed by atoms with Gasteiger partial charge in [0.2, 0.25) is 0 Å². The number of methoxy groups -OCH3 is 4. The zero-order valence-electron chi connectivity index (χ0n) is 18.8. The molecule has 0 aliphatic rings. The van der Waals surface area contributed by atoms with Crippen molar-refractivity contribution in [3.63, 3.8) is 0 Å². The van der Waals surface area contributed by atoms with Gasteiger partial charge in [-0.25, -0.2) is 0 Å². The Morgan fingerprint density at radius 3 is 1.43 bits per heavy atom. The molecular weight excluding hydrogens is 390 g/mol. The van der Waals surface area contributed by atoms with Gasteiger partial charge in [0.05, 0.1) is 40.6 Å². The number of benzene rings is 1. The highest BCUT2D eigenvalue weighted by Crippen LogP contribution is 2.29. The smallest absolute Gasteiger partial charge is 0.325 e. The van der Waals surface area contributed by atoms with Gasteiger partial charge in [-0.2, -0.15) is 0 Å². The van der Waals surface area contributed by atoms with Crippen molar-refractivity contribution >= 4 is 0 Å². The Balaban J connectivity index is 2.04. The summed E-state index contributed by atoms with van der Waals surface area (Å²) in [5, 5.41) is 0. The van der Waals surface area contributed by atoms with Crippen molar-refractivity contribution in [1.82, 2.24) is 15.0 Å². The minimum atomic E-state index is 0.120. The summed E-state index contributed by atoms with van der Waals surface area (Å²) in [5.74, 6) is 0. The van der Waals surface area contributed by atoms with E-state index in [1.807, 2.05) is 0 Å². The summed E-state index contributed by atoms with van der Waals surface area (Å²) in [6.45, 7) is 8.50. The zero-order valence-corrected chi connectivity index (χ0v) is 18.8. The van der Waals surface area contributed by atoms with E-state index in [2.05, 4.69) is 35.7 Å². The normalized spacial score (nSPS) is 10.9. The zero-order chi connectivity index (χ0) is 22.1. The maximum atomic E-state index is 5.88. The van der Waals surface area contributed by atoms with Gasteiger partial charge in [0.15, 0.2) is 0 Å². The molecule has 0 aliphatic carbocycles. The number of hydrogen-bond acceptors (Lipinski definition) is 9. The molecule has 9 nitrogen and oxygen atoms in total. The second-order valence-corrected chi connectivity index (χ2v) is 6.67. The molecule has 166 valence electrons. The number of aromatic nitrogens is 3. The van der Waals surface area contributed by atoms with Gasteiger partial charge in [0, 0.05) is 14.2 Å². The Morgan fingerprint density at radius 1 is 0.567 bits per heavy atom. The maximum Gasteiger partial charge on any atom is 0.325 e. The van der Waals surface area contributed by atoms with E-state index in [1.54, 1.807) is 14.2 Å². The number of nitrogens with zero attached hydrogens (tertiary/aromatic N) is 3. The minimum Gasteiger partial charge on any atom is -0.467 e. The summed E-state index contributed by atoms with van der Waals surface area (Å²) in [5.41, 5.74) is 7.06. The van der Waals surface area contributed by atoms with Crippen molar-refractivity contribution in [1.29, 1.82) is 0 Å². The van der Waals surface area contributed by atoms with Crippen molar-refractivity contribution < 1.29 is 28.4 Å². The van der Waals surface area contributed by atoms with Crippen molar-refractivity contribution in [3.05, 3.63) is 33.4 Å². The molecule has 0 N–H and O–H groups in total. The number of rotatable bonds is 12. The fraction of sp³-hybridized carbons (Fsp3) is 0.571. The monoisotopic (exact) mass is 421 g/mol. The van der Waals surface area contributed by atoms with Crippen LogP contribution < -0.4 is 14.2 Å². The first-order valence-corrected chi connectivity index (χ1v) is 9.59. The maximum absolute atomic E-state index is 5.88. The molecular formula is C21H31N3O6. The van der Waals surface area contributed by atoms with Crippen molar-refractivity contribution in [3.8, 4) is 18.0 Å². The highest BCUT2D eigenvalue weighted by atomic mass is 16.5. The van der Waals surface area contributed by atoms with E-state index in [4.69, 9.17) is 28.4 Å². The van der Waals surface area contributed by atoms with E-state index >= 15 is 0 Å². The molecule has 0 atom stereocenters. The largest absolute Gasteiger partial charge is 0.467 e. The topological polar surface area (TPSA) is 94.1 Å². The summed E-state index contributed by atoms with van der Waals surface area (Å²) in [7, 11) is 6.33. The van der Waals surface area contributed by atoms with Crippen LogP contribution in [0.25, 0.3) is 0 Å². The van der Waals surface area contributed by atoms with Crippen LogP contribution in [0.15, 0.2) is 0 Å². The highest BCUT2D eigenvalue weighted by Gasteiger charge is 2.17. The molecule has 0 aliphatic heterocycles. The van der Waals surface area contributed by atoms with Gasteiger partial charge < -0.3 is 28.4 Å². The molecule has 30 heavy (non-hydrogen) atoms. The van der Waals surface area contributed by atoms with Crippen LogP contribution in [-0.4, -0.2) is 56.6 Å². The Kier molecular flexibility index (Phi) is 9.22. The van der Waals surface area contributed by atoms with Crippen molar-refractivity contribution in [2.24, 2.45) is 0 Å². The van der Waals surface area contributed by atoms with Crippen LogP contribution in [-0.2, 0) is 34.0 Å². The average molecular weight is 421 g/mol. The molecule has 2 aromatic rings. The van der Waals surface area contributed by atoms with E-state index in [-0.39, 0.29) is 24.6 Å². The summed E-state index contributed by atoms with van der Waals surface area (Å²) >= 11 is 0. The molecule has 1 heterocycles. The standard InChI is InChI=1S/C21H31N3O6/c1-13-16(10-25-4)14(2)18(15(3)17(13)11-26-5)12-29-8-9-30-21-23-19(27-6)22-20(24-21)28-7/h8-12H2,1-7H3. The lowest BCUT2D eigenvalue weighted by Gasteiger charge is -2.22. The second kappa shape index (κ2) is 11.6. The van der Waals surface area contributed by atoms with Crippen LogP contribution in [0.2, 0.25) is 0 Å². The minimum absolute atomic E-state index is 0.120. The first kappa shape index (κ1) is 23.8. The van der Waals surface area contributed by atoms with Gasteiger partial charge in [0.25, 0.3) is 0 Å². The van der Waals surface area contributed by atoms with Gasteiger partial charge in [0.1, 0.15) is 6.61 Å². The number of ether oxygens (including phenoxy) is 6. The van der Waals surface area contributed by atoms with Gasteiger partial charge in [-0.1, -0.05) is 0 Å². The highest BCUT2D eigenvalue weighted by molar-refractivity contribution is 5.50. The molecule has 0 bridgehead atoms. The van der Waals surface area contributed by atoms with Crippen LogP contribution in [0.1, 0.15) is 33.4 Å². The summed E-state index contributed by atoms with van der Waals surface area (Å²) < 4.78 is 32.3. The quantitative estimate of drug-likeness (QED) is 0.479. The Bertz CT molecular complexity index is 789. The average Bonchev–Trinajstić information content (AvgIpc) is 2.75. The fourth-order valence-corrected chi connectivity index (χ4v) is 3.26. The first-order valence-electron chi connectivity index (χ1n) is 9.59. The van der Waals surface area contributed by atoms with E-state index in [9.17, 15) is 0 Å². The van der Waals surface area contributed by atoms with E-state index in [1.165, 1.54) is 42.0 Å². The van der Waals surface area contributed by atoms with Crippen molar-refractivity contribution in [2.75, 3.05) is 41.7 Å². The summed E-state index contributed by atoms with van der Waals surface area (Å²) in [4.78, 5) is 12.0. The van der Waals surface area contributed by atoms with E-state index < -0.39 is 0 Å². The lowest BCUT2D eigenvalue weighted by atomic mass is 9.89. The number of hydrogen-bond donors (Lipinski definition) is 0. The first-order chi connectivity index (χ1) is 14.5. The van der Waals surface area contributed by atoms with Crippen LogP contribution in [0.3, 0.4) is 0 Å². The van der Waals surface area contributed by atoms with Gasteiger partial charge in [-0.05, 0) is 54.2 Å². The van der Waals surface area contributed by atoms with Gasteiger partial charge in [-0.15, -0.1) is 15.0 Å². The molecule has 2 rings (SSSR count). The third-order valence-electron chi connectivity index (χ3n) is 4.94. The molecule has 0 saturated carbocycles. The van der Waals surface area contributed by atoms with Crippen LogP contribution in [0, 0.1) is 20.8 Å². The van der Waals surface area contributed by atoms with Crippen LogP contribution >= 0.6 is 0 Å². The van der Waals surface area contributed by atoms with Gasteiger partial charge in [-0.3, -0.25) is 0 Å². The molecule has 0 fully saturated rings. The second-order valence-electron chi connectivity index (χ2n) is 6.67. The summed E-state index contributed by atoms with van der Waals surface area (Å²) in [6, 6.07) is 0.370. The molecule has 0 saturated heterocycles. The molecule has 0 amide bonds. The van der Waals surface area contributed by atoms with Crippen LogP contribution in [0.4, 0.5) is 0 Å². The molecule has 1 aromatic heterocycles. The molecule has 1 aromatic carbocycles. The molecule has 0 radical (unpaired) electrons. The Labute approximate surface area is 177 Å². The molecule has 0 unspecified atom stereocenters.